The molecule has 0 radical (unpaired) electrons. The van der Waals surface area contributed by atoms with Crippen LogP contribution in [0.1, 0.15) is 29.6 Å². The van der Waals surface area contributed by atoms with Gasteiger partial charge in [0.25, 0.3) is 5.91 Å². The maximum atomic E-state index is 13.3. The second kappa shape index (κ2) is 10.5. The number of sulfonamides is 1. The fourth-order valence-electron chi connectivity index (χ4n) is 3.44. The largest absolute Gasteiger partial charge is 0.452 e. The van der Waals surface area contributed by atoms with Gasteiger partial charge in [-0.25, -0.2) is 21.9 Å². The first-order valence-electron chi connectivity index (χ1n) is 10.3. The van der Waals surface area contributed by atoms with E-state index in [4.69, 9.17) is 16.3 Å². The van der Waals surface area contributed by atoms with Gasteiger partial charge in [-0.05, 0) is 55.7 Å². The molecule has 11 heteroatoms. The Morgan fingerprint density at radius 3 is 2.45 bits per heavy atom. The highest BCUT2D eigenvalue weighted by Gasteiger charge is 2.25. The van der Waals surface area contributed by atoms with Crippen LogP contribution in [-0.4, -0.2) is 58.4 Å². The molecule has 1 amide bonds. The summed E-state index contributed by atoms with van der Waals surface area (Å²) < 4.78 is 44.7. The summed E-state index contributed by atoms with van der Waals surface area (Å²) in [4.78, 5) is 27.1. The van der Waals surface area contributed by atoms with E-state index in [0.29, 0.717) is 5.69 Å². The summed E-state index contributed by atoms with van der Waals surface area (Å²) in [6.45, 7) is 0.843. The van der Waals surface area contributed by atoms with Crippen LogP contribution in [0.5, 0.6) is 0 Å². The zero-order chi connectivity index (χ0) is 24.2. The Morgan fingerprint density at radius 1 is 1.12 bits per heavy atom. The van der Waals surface area contributed by atoms with Crippen molar-refractivity contribution in [1.29, 1.82) is 0 Å². The highest BCUT2D eigenvalue weighted by Crippen LogP contribution is 2.28. The molecular formula is C22H25ClFN3O5S. The van der Waals surface area contributed by atoms with E-state index in [1.807, 2.05) is 4.90 Å². The summed E-state index contributed by atoms with van der Waals surface area (Å²) >= 11 is 5.70. The SMILES string of the molecule is CN(C)S(=O)(=O)c1ccc(N2CCCCC2)c(C(=O)OCC(=O)Nc2ccc(F)c(Cl)c2)c1. The number of rotatable bonds is 7. The van der Waals surface area contributed by atoms with Crippen molar-refractivity contribution < 1.29 is 27.1 Å². The lowest BCUT2D eigenvalue weighted by Gasteiger charge is -2.30. The van der Waals surface area contributed by atoms with E-state index in [2.05, 4.69) is 5.32 Å². The van der Waals surface area contributed by atoms with Gasteiger partial charge in [0.15, 0.2) is 6.61 Å². The fraction of sp³-hybridized carbons (Fsp3) is 0.364. The third kappa shape index (κ3) is 6.01. The lowest BCUT2D eigenvalue weighted by atomic mass is 10.1. The van der Waals surface area contributed by atoms with E-state index in [-0.39, 0.29) is 21.2 Å². The molecule has 0 saturated carbocycles. The summed E-state index contributed by atoms with van der Waals surface area (Å²) in [5.74, 6) is -2.10. The number of nitrogens with one attached hydrogen (secondary N) is 1. The molecule has 3 rings (SSSR count). The molecule has 8 nitrogen and oxygen atoms in total. The van der Waals surface area contributed by atoms with E-state index in [0.717, 1.165) is 42.7 Å². The van der Waals surface area contributed by atoms with Gasteiger partial charge in [-0.2, -0.15) is 0 Å². The van der Waals surface area contributed by atoms with Gasteiger partial charge in [-0.15, -0.1) is 0 Å². The van der Waals surface area contributed by atoms with Gasteiger partial charge in [-0.3, -0.25) is 4.79 Å². The number of amides is 1. The molecule has 0 atom stereocenters. The number of ether oxygens (including phenoxy) is 1. The molecule has 1 aliphatic rings. The van der Waals surface area contributed by atoms with E-state index in [1.165, 1.54) is 38.4 Å². The topological polar surface area (TPSA) is 96.0 Å². The number of anilines is 2. The molecule has 2 aromatic rings. The van der Waals surface area contributed by atoms with Crippen molar-refractivity contribution in [3.05, 3.63) is 52.8 Å². The van der Waals surface area contributed by atoms with Crippen LogP contribution in [0.2, 0.25) is 5.02 Å². The molecule has 0 unspecified atom stereocenters. The minimum Gasteiger partial charge on any atom is -0.452 e. The van der Waals surface area contributed by atoms with Crippen molar-refractivity contribution in [2.45, 2.75) is 24.2 Å². The molecule has 33 heavy (non-hydrogen) atoms. The highest BCUT2D eigenvalue weighted by molar-refractivity contribution is 7.89. The van der Waals surface area contributed by atoms with Gasteiger partial charge in [0.05, 0.1) is 21.2 Å². The summed E-state index contributed by atoms with van der Waals surface area (Å²) in [5, 5.41) is 2.31. The maximum Gasteiger partial charge on any atom is 0.340 e. The number of carbonyl (C=O) groups excluding carboxylic acids is 2. The molecule has 1 N–H and O–H groups in total. The molecule has 0 bridgehead atoms. The predicted octanol–water partition coefficient (Wildman–Crippen LogP) is 3.52. The van der Waals surface area contributed by atoms with Gasteiger partial charge in [-0.1, -0.05) is 11.6 Å². The van der Waals surface area contributed by atoms with Crippen LogP contribution in [0.15, 0.2) is 41.3 Å². The summed E-state index contributed by atoms with van der Waals surface area (Å²) in [6.07, 6.45) is 2.99. The normalized spacial score (nSPS) is 14.3. The Kier molecular flexibility index (Phi) is 7.93. The maximum absolute atomic E-state index is 13.3. The van der Waals surface area contributed by atoms with Crippen molar-refractivity contribution in [1.82, 2.24) is 4.31 Å². The Hall–Kier alpha value is -2.69. The Balaban J connectivity index is 1.80. The van der Waals surface area contributed by atoms with Crippen molar-refractivity contribution in [3.63, 3.8) is 0 Å². The molecule has 1 heterocycles. The van der Waals surface area contributed by atoms with Crippen molar-refractivity contribution in [2.75, 3.05) is 44.0 Å². The van der Waals surface area contributed by atoms with Crippen LogP contribution in [0.3, 0.4) is 0 Å². The number of esters is 1. The van der Waals surface area contributed by atoms with Crippen LogP contribution >= 0.6 is 11.6 Å². The van der Waals surface area contributed by atoms with Crippen molar-refractivity contribution in [3.8, 4) is 0 Å². The second-order valence-electron chi connectivity index (χ2n) is 7.77. The number of piperidine rings is 1. The zero-order valence-electron chi connectivity index (χ0n) is 18.3. The smallest absolute Gasteiger partial charge is 0.340 e. The van der Waals surface area contributed by atoms with Crippen LogP contribution in [-0.2, 0) is 19.6 Å². The minimum atomic E-state index is -3.78. The monoisotopic (exact) mass is 497 g/mol. The van der Waals surface area contributed by atoms with E-state index in [1.54, 1.807) is 6.07 Å². The van der Waals surface area contributed by atoms with Gasteiger partial charge in [0.2, 0.25) is 10.0 Å². The summed E-state index contributed by atoms with van der Waals surface area (Å²) in [5.41, 5.74) is 0.871. The summed E-state index contributed by atoms with van der Waals surface area (Å²) in [7, 11) is -0.974. The number of halogens is 2. The average Bonchev–Trinajstić information content (AvgIpc) is 2.80. The number of hydrogen-bond donors (Lipinski definition) is 1. The number of nitrogens with zero attached hydrogens (tertiary/aromatic N) is 2. The van der Waals surface area contributed by atoms with Crippen LogP contribution < -0.4 is 10.2 Å². The van der Waals surface area contributed by atoms with Gasteiger partial charge in [0, 0.05) is 32.9 Å². The van der Waals surface area contributed by atoms with E-state index >= 15 is 0 Å². The number of hydrogen-bond acceptors (Lipinski definition) is 6. The molecule has 1 saturated heterocycles. The number of carbonyl (C=O) groups is 2. The van der Waals surface area contributed by atoms with Gasteiger partial charge in [0.1, 0.15) is 5.82 Å². The first-order valence-corrected chi connectivity index (χ1v) is 12.1. The van der Waals surface area contributed by atoms with E-state index in [9.17, 15) is 22.4 Å². The van der Waals surface area contributed by atoms with Gasteiger partial charge >= 0.3 is 5.97 Å². The molecule has 2 aromatic carbocycles. The Bertz CT molecular complexity index is 1150. The van der Waals surface area contributed by atoms with Crippen LogP contribution in [0.25, 0.3) is 0 Å². The highest BCUT2D eigenvalue weighted by atomic mass is 35.5. The van der Waals surface area contributed by atoms with E-state index < -0.39 is 34.3 Å². The van der Waals surface area contributed by atoms with Crippen molar-refractivity contribution >= 4 is 44.9 Å². The minimum absolute atomic E-state index is 0.0504. The molecular weight excluding hydrogens is 473 g/mol. The van der Waals surface area contributed by atoms with Gasteiger partial charge < -0.3 is 15.0 Å². The molecule has 0 spiro atoms. The molecule has 0 aromatic heterocycles. The first kappa shape index (κ1) is 24.9. The van der Waals surface area contributed by atoms with Crippen molar-refractivity contribution in [2.24, 2.45) is 0 Å². The van der Waals surface area contributed by atoms with Crippen LogP contribution in [0, 0.1) is 5.82 Å². The standard InChI is InChI=1S/C22H25ClFN3O5S/c1-26(2)33(30,31)16-7-9-20(27-10-4-3-5-11-27)17(13-16)22(29)32-14-21(28)25-15-6-8-19(24)18(23)12-15/h6-9,12-13H,3-5,10-11,14H2,1-2H3,(H,25,28). The predicted molar refractivity (Wildman–Crippen MR) is 124 cm³/mol. The Morgan fingerprint density at radius 2 is 1.82 bits per heavy atom. The van der Waals surface area contributed by atoms with Crippen LogP contribution in [0.4, 0.5) is 15.8 Å². The molecule has 0 aliphatic carbocycles. The lowest BCUT2D eigenvalue weighted by Crippen LogP contribution is -2.31. The fourth-order valence-corrected chi connectivity index (χ4v) is 4.55. The third-order valence-corrected chi connectivity index (χ3v) is 7.30. The quantitative estimate of drug-likeness (QED) is 0.588. The second-order valence-corrected chi connectivity index (χ2v) is 10.3. The molecule has 178 valence electrons. The summed E-state index contributed by atoms with van der Waals surface area (Å²) in [6, 6.07) is 8.00. The molecule has 1 aliphatic heterocycles. The first-order chi connectivity index (χ1) is 15.6. The zero-order valence-corrected chi connectivity index (χ0v) is 19.9. The number of benzene rings is 2. The Labute approximate surface area is 197 Å². The molecule has 1 fully saturated rings. The third-order valence-electron chi connectivity index (χ3n) is 5.20. The average molecular weight is 498 g/mol. The lowest BCUT2D eigenvalue weighted by molar-refractivity contribution is -0.119.